The van der Waals surface area contributed by atoms with Crippen LogP contribution >= 0.6 is 0 Å². The lowest BCUT2D eigenvalue weighted by atomic mass is 10.0. The molecule has 0 unspecified atom stereocenters. The van der Waals surface area contributed by atoms with Crippen molar-refractivity contribution in [2.75, 3.05) is 24.7 Å². The Bertz CT molecular complexity index is 247. The van der Waals surface area contributed by atoms with Crippen LogP contribution in [0.5, 0.6) is 0 Å². The Balaban J connectivity index is 3.85. The van der Waals surface area contributed by atoms with Gasteiger partial charge in [0.05, 0.1) is 5.75 Å². The van der Waals surface area contributed by atoms with Crippen LogP contribution in [0.2, 0.25) is 0 Å². The highest BCUT2D eigenvalue weighted by Gasteiger charge is 2.17. The van der Waals surface area contributed by atoms with Crippen molar-refractivity contribution in [2.45, 2.75) is 32.7 Å². The van der Waals surface area contributed by atoms with Crippen LogP contribution in [-0.4, -0.2) is 43.7 Å². The molecule has 0 saturated carbocycles. The second kappa shape index (κ2) is 5.68. The summed E-state index contributed by atoms with van der Waals surface area (Å²) in [7, 11) is -2.88. The molecule has 0 aliphatic rings. The molecule has 2 N–H and O–H groups in total. The highest BCUT2D eigenvalue weighted by molar-refractivity contribution is 7.91. The molecule has 0 saturated heterocycles. The van der Waals surface area contributed by atoms with E-state index in [0.29, 0.717) is 13.0 Å². The normalized spacial score (nSPS) is 13.1. The van der Waals surface area contributed by atoms with Gasteiger partial charge in [-0.15, -0.1) is 0 Å². The van der Waals surface area contributed by atoms with E-state index in [4.69, 9.17) is 5.11 Å². The number of aliphatic hydroxyl groups is 1. The maximum atomic E-state index is 11.2. The van der Waals surface area contributed by atoms with E-state index in [1.165, 1.54) is 0 Å². The first-order valence-electron chi connectivity index (χ1n) is 4.89. The fraction of sp³-hybridized carbons (Fsp3) is 1.00. The topological polar surface area (TPSA) is 66.4 Å². The van der Waals surface area contributed by atoms with Gasteiger partial charge >= 0.3 is 0 Å². The Labute approximate surface area is 86.6 Å². The third-order valence-corrected chi connectivity index (χ3v) is 3.90. The van der Waals surface area contributed by atoms with Gasteiger partial charge in [-0.25, -0.2) is 8.42 Å². The molecule has 0 radical (unpaired) electrons. The number of hydrogen-bond acceptors (Lipinski definition) is 4. The molecule has 0 amide bonds. The lowest BCUT2D eigenvalue weighted by Crippen LogP contribution is -2.42. The minimum atomic E-state index is -2.88. The lowest BCUT2D eigenvalue weighted by molar-refractivity contribution is 0.233. The third-order valence-electron chi connectivity index (χ3n) is 2.19. The standard InChI is InChI=1S/C9H21NO3S/c1-4-14(12,13)8-6-10-9(2,3)5-7-11/h10-11H,4-8H2,1-3H3. The molecule has 0 rings (SSSR count). The van der Waals surface area contributed by atoms with Crippen LogP contribution in [0.4, 0.5) is 0 Å². The fourth-order valence-electron chi connectivity index (χ4n) is 1.06. The summed E-state index contributed by atoms with van der Waals surface area (Å²) in [5.74, 6) is 0.355. The second-order valence-electron chi connectivity index (χ2n) is 4.02. The molecular formula is C9H21NO3S. The summed E-state index contributed by atoms with van der Waals surface area (Å²) in [5, 5.41) is 11.9. The maximum Gasteiger partial charge on any atom is 0.151 e. The largest absolute Gasteiger partial charge is 0.396 e. The van der Waals surface area contributed by atoms with Gasteiger partial charge in [-0.3, -0.25) is 0 Å². The molecule has 86 valence electrons. The van der Waals surface area contributed by atoms with Gasteiger partial charge in [0.2, 0.25) is 0 Å². The van der Waals surface area contributed by atoms with Gasteiger partial charge in [0.25, 0.3) is 0 Å². The molecule has 14 heavy (non-hydrogen) atoms. The van der Waals surface area contributed by atoms with Crippen molar-refractivity contribution in [2.24, 2.45) is 0 Å². The Morgan fingerprint density at radius 1 is 1.36 bits per heavy atom. The monoisotopic (exact) mass is 223 g/mol. The molecule has 5 heteroatoms. The van der Waals surface area contributed by atoms with Gasteiger partial charge in [-0.1, -0.05) is 6.92 Å². The van der Waals surface area contributed by atoms with E-state index < -0.39 is 9.84 Å². The van der Waals surface area contributed by atoms with Crippen molar-refractivity contribution >= 4 is 9.84 Å². The predicted molar refractivity (Wildman–Crippen MR) is 58.1 cm³/mol. The van der Waals surface area contributed by atoms with Gasteiger partial charge in [0, 0.05) is 24.4 Å². The number of nitrogens with one attached hydrogen (secondary N) is 1. The molecule has 0 aliphatic heterocycles. The molecule has 0 aromatic rings. The van der Waals surface area contributed by atoms with Crippen molar-refractivity contribution in [1.82, 2.24) is 5.32 Å². The van der Waals surface area contributed by atoms with E-state index in [0.717, 1.165) is 0 Å². The first kappa shape index (κ1) is 13.9. The van der Waals surface area contributed by atoms with Crippen molar-refractivity contribution in [3.8, 4) is 0 Å². The van der Waals surface area contributed by atoms with Crippen molar-refractivity contribution in [1.29, 1.82) is 0 Å². The summed E-state index contributed by atoms with van der Waals surface area (Å²) in [4.78, 5) is 0. The van der Waals surface area contributed by atoms with Crippen LogP contribution in [0.25, 0.3) is 0 Å². The van der Waals surface area contributed by atoms with Gasteiger partial charge in [-0.05, 0) is 20.3 Å². The van der Waals surface area contributed by atoms with Crippen molar-refractivity contribution < 1.29 is 13.5 Å². The van der Waals surface area contributed by atoms with E-state index in [9.17, 15) is 8.42 Å². The molecule has 0 aromatic carbocycles. The van der Waals surface area contributed by atoms with Crippen LogP contribution < -0.4 is 5.32 Å². The molecule has 0 spiro atoms. The summed E-state index contributed by atoms with van der Waals surface area (Å²) < 4.78 is 22.3. The first-order valence-corrected chi connectivity index (χ1v) is 6.71. The molecule has 0 bridgehead atoms. The van der Waals surface area contributed by atoms with E-state index in [2.05, 4.69) is 5.32 Å². The first-order chi connectivity index (χ1) is 6.33. The maximum absolute atomic E-state index is 11.2. The van der Waals surface area contributed by atoms with Gasteiger partial charge in [-0.2, -0.15) is 0 Å². The molecule has 0 heterocycles. The minimum absolute atomic E-state index is 0.112. The zero-order valence-electron chi connectivity index (χ0n) is 9.21. The molecule has 0 atom stereocenters. The summed E-state index contributed by atoms with van der Waals surface area (Å²) in [6.45, 7) is 6.10. The smallest absolute Gasteiger partial charge is 0.151 e. The average Bonchev–Trinajstić information content (AvgIpc) is 2.03. The highest BCUT2D eigenvalue weighted by Crippen LogP contribution is 2.06. The molecule has 0 aromatic heterocycles. The van der Waals surface area contributed by atoms with E-state index in [1.54, 1.807) is 6.92 Å². The fourth-order valence-corrected chi connectivity index (χ4v) is 1.76. The van der Waals surface area contributed by atoms with E-state index >= 15 is 0 Å². The minimum Gasteiger partial charge on any atom is -0.396 e. The predicted octanol–water partition coefficient (Wildman–Crippen LogP) is 0.172. The Morgan fingerprint density at radius 2 is 1.93 bits per heavy atom. The van der Waals surface area contributed by atoms with Crippen LogP contribution in [0.1, 0.15) is 27.2 Å². The van der Waals surface area contributed by atoms with Gasteiger partial charge in [0.15, 0.2) is 9.84 Å². The van der Waals surface area contributed by atoms with E-state index in [1.807, 2.05) is 13.8 Å². The van der Waals surface area contributed by atoms with Crippen LogP contribution in [-0.2, 0) is 9.84 Å². The Hall–Kier alpha value is -0.130. The zero-order chi connectivity index (χ0) is 11.2. The summed E-state index contributed by atoms with van der Waals surface area (Å²) >= 11 is 0. The molecule has 4 nitrogen and oxygen atoms in total. The molecular weight excluding hydrogens is 202 g/mol. The Morgan fingerprint density at radius 3 is 2.36 bits per heavy atom. The zero-order valence-corrected chi connectivity index (χ0v) is 10.0. The SMILES string of the molecule is CCS(=O)(=O)CCNC(C)(C)CCO. The molecule has 0 aliphatic carbocycles. The third kappa shape index (κ3) is 6.34. The number of sulfone groups is 1. The number of aliphatic hydroxyl groups excluding tert-OH is 1. The van der Waals surface area contributed by atoms with Crippen LogP contribution in [0.3, 0.4) is 0 Å². The Kier molecular flexibility index (Phi) is 5.63. The van der Waals surface area contributed by atoms with Crippen molar-refractivity contribution in [3.63, 3.8) is 0 Å². The highest BCUT2D eigenvalue weighted by atomic mass is 32.2. The number of rotatable bonds is 7. The average molecular weight is 223 g/mol. The van der Waals surface area contributed by atoms with Gasteiger partial charge in [0.1, 0.15) is 0 Å². The number of hydrogen-bond donors (Lipinski definition) is 2. The van der Waals surface area contributed by atoms with Gasteiger partial charge < -0.3 is 10.4 Å². The molecule has 0 fully saturated rings. The van der Waals surface area contributed by atoms with Crippen molar-refractivity contribution in [3.05, 3.63) is 0 Å². The quantitative estimate of drug-likeness (QED) is 0.646. The summed E-state index contributed by atoms with van der Waals surface area (Å²) in [6.07, 6.45) is 0.624. The van der Waals surface area contributed by atoms with Crippen LogP contribution in [0, 0.1) is 0 Å². The second-order valence-corrected chi connectivity index (χ2v) is 6.49. The van der Waals surface area contributed by atoms with Crippen LogP contribution in [0.15, 0.2) is 0 Å². The summed E-state index contributed by atoms with van der Waals surface area (Å²) in [5.41, 5.74) is -0.196. The van der Waals surface area contributed by atoms with E-state index in [-0.39, 0.29) is 23.7 Å². The summed E-state index contributed by atoms with van der Waals surface area (Å²) in [6, 6.07) is 0. The lowest BCUT2D eigenvalue weighted by Gasteiger charge is -2.25.